The lowest BCUT2D eigenvalue weighted by Crippen LogP contribution is -2.08. The van der Waals surface area contributed by atoms with Gasteiger partial charge in [-0.25, -0.2) is 19.6 Å². The van der Waals surface area contributed by atoms with E-state index in [0.717, 1.165) is 11.1 Å². The smallest absolute Gasteiger partial charge is 0.338 e. The number of carbonyl (C=O) groups excluding carboxylic acids is 2. The molecule has 0 bridgehead atoms. The van der Waals surface area contributed by atoms with Gasteiger partial charge >= 0.3 is 11.9 Å². The molecule has 8 nitrogen and oxygen atoms in total. The fourth-order valence-electron chi connectivity index (χ4n) is 3.36. The van der Waals surface area contributed by atoms with Crippen LogP contribution < -0.4 is 0 Å². The Morgan fingerprint density at radius 1 is 0.583 bits per heavy atom. The minimum absolute atomic E-state index is 0.0400. The molecule has 5 rings (SSSR count). The molecule has 0 aliphatic rings. The van der Waals surface area contributed by atoms with E-state index in [-0.39, 0.29) is 13.2 Å². The second kappa shape index (κ2) is 10.5. The Bertz CT molecular complexity index is 1340. The van der Waals surface area contributed by atoms with E-state index in [0.29, 0.717) is 34.3 Å². The zero-order chi connectivity index (χ0) is 24.7. The van der Waals surface area contributed by atoms with Gasteiger partial charge in [0.1, 0.15) is 37.1 Å². The van der Waals surface area contributed by atoms with Gasteiger partial charge in [0.2, 0.25) is 11.8 Å². The number of nitrogens with zero attached hydrogens (tertiary/aromatic N) is 2. The van der Waals surface area contributed by atoms with Gasteiger partial charge in [0.05, 0.1) is 11.1 Å². The molecule has 0 fully saturated rings. The highest BCUT2D eigenvalue weighted by atomic mass is 16.5. The lowest BCUT2D eigenvalue weighted by atomic mass is 10.1. The SMILES string of the molecule is O=C(OCc1coc(-c2ccccc2)n1)c1ccc(C(=O)OCc2coc(-c3ccccc3)n2)cc1. The maximum absolute atomic E-state index is 12.4. The van der Waals surface area contributed by atoms with Gasteiger partial charge in [0.25, 0.3) is 0 Å². The first-order valence-corrected chi connectivity index (χ1v) is 11.1. The summed E-state index contributed by atoms with van der Waals surface area (Å²) >= 11 is 0. The highest BCUT2D eigenvalue weighted by molar-refractivity contribution is 5.93. The summed E-state index contributed by atoms with van der Waals surface area (Å²) in [6, 6.07) is 24.8. The molecule has 0 saturated heterocycles. The lowest BCUT2D eigenvalue weighted by molar-refractivity contribution is 0.0453. The van der Waals surface area contributed by atoms with Crippen molar-refractivity contribution in [2.75, 3.05) is 0 Å². The molecule has 0 aliphatic carbocycles. The van der Waals surface area contributed by atoms with Crippen LogP contribution in [0.5, 0.6) is 0 Å². The number of ether oxygens (including phenoxy) is 2. The molecule has 0 atom stereocenters. The molecule has 0 amide bonds. The van der Waals surface area contributed by atoms with Crippen molar-refractivity contribution in [3.8, 4) is 22.9 Å². The van der Waals surface area contributed by atoms with Crippen molar-refractivity contribution < 1.29 is 27.9 Å². The third kappa shape index (κ3) is 5.39. The monoisotopic (exact) mass is 480 g/mol. The van der Waals surface area contributed by atoms with Crippen LogP contribution in [0.4, 0.5) is 0 Å². The molecule has 0 aliphatic heterocycles. The van der Waals surface area contributed by atoms with Gasteiger partial charge in [-0.2, -0.15) is 0 Å². The van der Waals surface area contributed by atoms with E-state index in [1.54, 1.807) is 0 Å². The van der Waals surface area contributed by atoms with Crippen LogP contribution in [-0.2, 0) is 22.7 Å². The van der Waals surface area contributed by atoms with Crippen molar-refractivity contribution in [3.05, 3.63) is 120 Å². The van der Waals surface area contributed by atoms with Gasteiger partial charge in [0.15, 0.2) is 0 Å². The van der Waals surface area contributed by atoms with E-state index in [2.05, 4.69) is 9.97 Å². The van der Waals surface area contributed by atoms with Crippen molar-refractivity contribution in [1.82, 2.24) is 9.97 Å². The summed E-state index contributed by atoms with van der Waals surface area (Å²) in [6.45, 7) is -0.0801. The number of aromatic nitrogens is 2. The van der Waals surface area contributed by atoms with Gasteiger partial charge in [-0.1, -0.05) is 36.4 Å². The quantitative estimate of drug-likeness (QED) is 0.260. The number of hydrogen-bond acceptors (Lipinski definition) is 8. The zero-order valence-electron chi connectivity index (χ0n) is 19.0. The van der Waals surface area contributed by atoms with Gasteiger partial charge in [-0.05, 0) is 48.5 Å². The Labute approximate surface area is 206 Å². The summed E-state index contributed by atoms with van der Waals surface area (Å²) in [7, 11) is 0. The molecule has 0 spiro atoms. The molecule has 0 radical (unpaired) electrons. The van der Waals surface area contributed by atoms with Crippen LogP contribution in [0.1, 0.15) is 32.1 Å². The topological polar surface area (TPSA) is 105 Å². The summed E-state index contributed by atoms with van der Waals surface area (Å²) in [5.41, 5.74) is 3.23. The van der Waals surface area contributed by atoms with Crippen LogP contribution in [-0.4, -0.2) is 21.9 Å². The maximum atomic E-state index is 12.4. The molecule has 0 N–H and O–H groups in total. The minimum Gasteiger partial charge on any atom is -0.455 e. The Morgan fingerprint density at radius 2 is 0.972 bits per heavy atom. The van der Waals surface area contributed by atoms with Gasteiger partial charge in [0, 0.05) is 11.1 Å². The molecular formula is C28H20N2O6. The average molecular weight is 480 g/mol. The van der Waals surface area contributed by atoms with E-state index in [1.807, 2.05) is 60.7 Å². The number of carbonyl (C=O) groups is 2. The fourth-order valence-corrected chi connectivity index (χ4v) is 3.36. The second-order valence-electron chi connectivity index (χ2n) is 7.75. The largest absolute Gasteiger partial charge is 0.455 e. The van der Waals surface area contributed by atoms with E-state index in [9.17, 15) is 9.59 Å². The van der Waals surface area contributed by atoms with Crippen LogP contribution in [0, 0.1) is 0 Å². The fraction of sp³-hybridized carbons (Fsp3) is 0.0714. The molecule has 36 heavy (non-hydrogen) atoms. The van der Waals surface area contributed by atoms with E-state index in [4.69, 9.17) is 18.3 Å². The number of rotatable bonds is 8. The van der Waals surface area contributed by atoms with Crippen LogP contribution in [0.25, 0.3) is 22.9 Å². The first-order valence-electron chi connectivity index (χ1n) is 11.1. The van der Waals surface area contributed by atoms with Crippen molar-refractivity contribution in [2.24, 2.45) is 0 Å². The Morgan fingerprint density at radius 3 is 1.36 bits per heavy atom. The highest BCUT2D eigenvalue weighted by Gasteiger charge is 2.14. The van der Waals surface area contributed by atoms with Crippen molar-refractivity contribution in [3.63, 3.8) is 0 Å². The Hall–Kier alpha value is -4.98. The van der Waals surface area contributed by atoms with Crippen LogP contribution >= 0.6 is 0 Å². The van der Waals surface area contributed by atoms with E-state index < -0.39 is 11.9 Å². The van der Waals surface area contributed by atoms with E-state index in [1.165, 1.54) is 36.8 Å². The standard InChI is InChI=1S/C28H20N2O6/c31-27(35-17-23-15-33-25(29-23)19-7-3-1-4-8-19)21-11-13-22(14-12-21)28(32)36-18-24-16-34-26(30-24)20-9-5-2-6-10-20/h1-16H,17-18H2. The molecule has 0 saturated carbocycles. The summed E-state index contributed by atoms with van der Waals surface area (Å²) in [6.07, 6.45) is 2.90. The summed E-state index contributed by atoms with van der Waals surface area (Å²) in [5.74, 6) is -0.191. The third-order valence-electron chi connectivity index (χ3n) is 5.20. The first kappa shape index (κ1) is 22.8. The maximum Gasteiger partial charge on any atom is 0.338 e. The predicted molar refractivity (Wildman–Crippen MR) is 129 cm³/mol. The first-order chi connectivity index (χ1) is 17.7. The lowest BCUT2D eigenvalue weighted by Gasteiger charge is -2.05. The van der Waals surface area contributed by atoms with Crippen LogP contribution in [0.15, 0.2) is 106 Å². The Balaban J connectivity index is 1.12. The molecule has 2 heterocycles. The van der Waals surface area contributed by atoms with Crippen molar-refractivity contribution in [1.29, 1.82) is 0 Å². The summed E-state index contributed by atoms with van der Waals surface area (Å²) < 4.78 is 21.5. The number of benzene rings is 3. The highest BCUT2D eigenvalue weighted by Crippen LogP contribution is 2.20. The minimum atomic E-state index is -0.546. The van der Waals surface area contributed by atoms with Crippen molar-refractivity contribution in [2.45, 2.75) is 13.2 Å². The normalized spacial score (nSPS) is 10.7. The number of esters is 2. The van der Waals surface area contributed by atoms with Gasteiger partial charge in [-0.15, -0.1) is 0 Å². The van der Waals surface area contributed by atoms with Crippen molar-refractivity contribution >= 4 is 11.9 Å². The van der Waals surface area contributed by atoms with E-state index >= 15 is 0 Å². The van der Waals surface area contributed by atoms with Crippen LogP contribution in [0.2, 0.25) is 0 Å². The number of hydrogen-bond donors (Lipinski definition) is 0. The predicted octanol–water partition coefficient (Wildman–Crippen LogP) is 5.71. The molecule has 8 heteroatoms. The molecule has 178 valence electrons. The van der Waals surface area contributed by atoms with Crippen LogP contribution in [0.3, 0.4) is 0 Å². The molecule has 5 aromatic rings. The van der Waals surface area contributed by atoms with Gasteiger partial charge in [-0.3, -0.25) is 0 Å². The molecule has 0 unspecified atom stereocenters. The summed E-state index contributed by atoms with van der Waals surface area (Å²) in [4.78, 5) is 33.4. The second-order valence-corrected chi connectivity index (χ2v) is 7.75. The van der Waals surface area contributed by atoms with Gasteiger partial charge < -0.3 is 18.3 Å². The zero-order valence-corrected chi connectivity index (χ0v) is 19.0. The third-order valence-corrected chi connectivity index (χ3v) is 5.20. The average Bonchev–Trinajstić information content (AvgIpc) is 3.62. The Kier molecular flexibility index (Phi) is 6.66. The number of oxazole rings is 2. The molecule has 3 aromatic carbocycles. The molecular weight excluding hydrogens is 460 g/mol. The molecule has 2 aromatic heterocycles. The summed E-state index contributed by atoms with van der Waals surface area (Å²) in [5, 5.41) is 0.